The van der Waals surface area contributed by atoms with Gasteiger partial charge in [-0.05, 0) is 178 Å². The monoisotopic (exact) mass is 1900 g/mol. The quantitative estimate of drug-likeness (QED) is 0.0298. The van der Waals surface area contributed by atoms with Crippen LogP contribution < -0.4 is 87.9 Å². The predicted molar refractivity (Wildman–Crippen MR) is 478 cm³/mol. The molecule has 17 bridgehead atoms. The van der Waals surface area contributed by atoms with Gasteiger partial charge >= 0.3 is 5.97 Å². The molecule has 8 aliphatic rings. The van der Waals surface area contributed by atoms with E-state index in [2.05, 4.69) is 72.3 Å². The van der Waals surface area contributed by atoms with Gasteiger partial charge in [0.05, 0.1) is 16.7 Å². The maximum Gasteiger partial charge on any atom is 0.335 e. The maximum absolute atomic E-state index is 16.9. The number of nitrogens with one attached hydrogen (secondary N) is 11. The van der Waals surface area contributed by atoms with Crippen molar-refractivity contribution in [1.82, 2.24) is 58.5 Å². The Balaban J connectivity index is 1.02. The highest BCUT2D eigenvalue weighted by atomic mass is 35.5. The second-order valence-corrected chi connectivity index (χ2v) is 34.7. The molecular formula is C92H110Cl2N12O28. The third kappa shape index (κ3) is 23.5. The number of unbranched alkanes of at least 4 members (excludes halogenated alkanes) is 5. The van der Waals surface area contributed by atoms with E-state index in [0.717, 1.165) is 124 Å². The topological polar surface area (TPSA) is 619 Å². The molecule has 134 heavy (non-hydrogen) atoms. The number of hydrogen-bond acceptors (Lipinski definition) is 31. The molecule has 25 N–H and O–H groups in total. The van der Waals surface area contributed by atoms with Gasteiger partial charge in [0.1, 0.15) is 131 Å². The second kappa shape index (κ2) is 44.9. The first-order valence-corrected chi connectivity index (χ1v) is 44.9. The van der Waals surface area contributed by atoms with Crippen molar-refractivity contribution in [2.45, 2.75) is 201 Å². The molecule has 42 heteroatoms. The van der Waals surface area contributed by atoms with Crippen molar-refractivity contribution in [3.8, 4) is 80.1 Å². The number of hydrogen-bond donors (Lipinski definition) is 24. The van der Waals surface area contributed by atoms with E-state index in [1.807, 2.05) is 0 Å². The number of aliphatic hydroxyl groups is 7. The summed E-state index contributed by atoms with van der Waals surface area (Å²) in [6, 6.07) is 5.63. The van der Waals surface area contributed by atoms with Crippen LogP contribution in [0.4, 0.5) is 0 Å². The number of phenolic OH excluding ortho intramolecular Hbond substituents is 4. The average Bonchev–Trinajstić information content (AvgIpc) is 0.761. The van der Waals surface area contributed by atoms with Gasteiger partial charge in [-0.15, -0.1) is 0 Å². The summed E-state index contributed by atoms with van der Waals surface area (Å²) in [4.78, 5) is 139. The molecule has 0 unspecified atom stereocenters. The number of rotatable bonds is 29. The molecule has 18 atom stereocenters. The van der Waals surface area contributed by atoms with Crippen LogP contribution in [-0.4, -0.2) is 241 Å². The SMILES string of the molecule is CN[C@H]1C(=O)N[C@@H]2Cc3ccc(cc3)Oc3cc4cc(c3O[C@@H]3O[C@H](C(=O)O)[C@@H](O)[C@H](O)[C@H]3NC(=O)CCCCCCCCC(C)C)Oc3ccc(cc3Cl)[C@@H](O)[C@@H]3NC(=O)[C@H](NC(=O)[C@@H]4NC(=O)[C@@H](NC2=O)c2cc(cc(O)c2Cl)Oc2cc1ccc2O)c1ccc(O)c(c1)-c1c(O[C@H]2O[C@H](CO)[C@@H](O)[C@H](O)[C@@H]2O)cc(O)cc1[C@H](C(=O)NCCCNCCCNCCCN)NC3=O. The summed E-state index contributed by atoms with van der Waals surface area (Å²) in [6.45, 7) is 5.98. The van der Waals surface area contributed by atoms with Gasteiger partial charge in [0.2, 0.25) is 65.6 Å². The first-order chi connectivity index (χ1) is 64.2. The van der Waals surface area contributed by atoms with Crippen molar-refractivity contribution in [3.63, 3.8) is 0 Å². The Hall–Kier alpha value is -12.0. The van der Waals surface area contributed by atoms with Gasteiger partial charge in [0, 0.05) is 48.2 Å². The Labute approximate surface area is 778 Å². The molecule has 7 aromatic carbocycles. The number of carbonyl (C=O) groups excluding carboxylic acids is 8. The Kier molecular flexibility index (Phi) is 33.4. The number of benzene rings is 7. The lowest BCUT2D eigenvalue weighted by Crippen LogP contribution is -2.66. The number of phenols is 4. The van der Waals surface area contributed by atoms with Crippen molar-refractivity contribution in [1.29, 1.82) is 0 Å². The van der Waals surface area contributed by atoms with Crippen LogP contribution in [0.1, 0.15) is 160 Å². The van der Waals surface area contributed by atoms with Crippen LogP contribution in [-0.2, 0) is 59.0 Å². The molecule has 40 nitrogen and oxygen atoms in total. The Morgan fingerprint density at radius 2 is 1.17 bits per heavy atom. The Bertz CT molecular complexity index is 5450. The molecule has 0 aliphatic carbocycles. The summed E-state index contributed by atoms with van der Waals surface area (Å²) in [5, 5.41) is 168. The van der Waals surface area contributed by atoms with Gasteiger partial charge in [-0.2, -0.15) is 0 Å². The first kappa shape index (κ1) is 99.5. The van der Waals surface area contributed by atoms with Crippen LogP contribution in [0.5, 0.6) is 69.0 Å². The van der Waals surface area contributed by atoms with Crippen molar-refractivity contribution in [3.05, 3.63) is 164 Å². The van der Waals surface area contributed by atoms with E-state index in [-0.39, 0.29) is 47.8 Å². The minimum absolute atomic E-state index is 0.119. The van der Waals surface area contributed by atoms with Crippen LogP contribution in [0.2, 0.25) is 10.0 Å². The van der Waals surface area contributed by atoms with E-state index in [1.165, 1.54) is 49.5 Å². The number of ether oxygens (including phenoxy) is 7. The molecule has 720 valence electrons. The summed E-state index contributed by atoms with van der Waals surface area (Å²) in [7, 11) is 1.43. The normalized spacial score (nSPS) is 25.2. The van der Waals surface area contributed by atoms with Gasteiger partial charge in [0.25, 0.3) is 0 Å². The third-order valence-corrected chi connectivity index (χ3v) is 24.5. The molecule has 8 aliphatic heterocycles. The van der Waals surface area contributed by atoms with Gasteiger partial charge in [-0.3, -0.25) is 38.4 Å². The number of nitrogens with two attached hydrogens (primary N) is 1. The summed E-state index contributed by atoms with van der Waals surface area (Å²) < 4.78 is 44.6. The number of aromatic hydroxyl groups is 4. The average molecular weight is 1900 g/mol. The van der Waals surface area contributed by atoms with Crippen LogP contribution in [0, 0.1) is 5.92 Å². The molecule has 2 fully saturated rings. The van der Waals surface area contributed by atoms with Crippen LogP contribution >= 0.6 is 23.2 Å². The molecule has 0 saturated carbocycles. The summed E-state index contributed by atoms with van der Waals surface area (Å²) in [5.41, 5.74) is 2.92. The predicted octanol–water partition coefficient (Wildman–Crippen LogP) is 3.52. The van der Waals surface area contributed by atoms with E-state index in [1.54, 1.807) is 0 Å². The van der Waals surface area contributed by atoms with Crippen LogP contribution in [0.25, 0.3) is 11.1 Å². The minimum Gasteiger partial charge on any atom is -0.508 e. The molecular weight excluding hydrogens is 1790 g/mol. The van der Waals surface area contributed by atoms with E-state index in [9.17, 15) is 75.7 Å². The summed E-state index contributed by atoms with van der Waals surface area (Å²) in [5.74, 6) is -17.5. The van der Waals surface area contributed by atoms with E-state index >= 15 is 28.8 Å². The van der Waals surface area contributed by atoms with Crippen LogP contribution in [0.15, 0.2) is 115 Å². The zero-order valence-electron chi connectivity index (χ0n) is 73.1. The fraction of sp³-hybridized carbons (Fsp3) is 0.446. The van der Waals surface area contributed by atoms with Crippen molar-refractivity contribution in [2.75, 3.05) is 52.9 Å². The van der Waals surface area contributed by atoms with Gasteiger partial charge in [-0.25, -0.2) is 4.79 Å². The molecule has 8 amide bonds. The van der Waals surface area contributed by atoms with Gasteiger partial charge < -0.3 is 159 Å². The van der Waals surface area contributed by atoms with E-state index < -0.39 is 271 Å². The lowest BCUT2D eigenvalue weighted by Gasteiger charge is -2.41. The Morgan fingerprint density at radius 1 is 0.537 bits per heavy atom. The molecule has 8 heterocycles. The number of aliphatic hydroxyl groups excluding tert-OH is 7. The number of likely N-dealkylation sites (N-methyl/N-ethyl adjacent to an activating group) is 1. The molecule has 7 aromatic rings. The highest BCUT2D eigenvalue weighted by Crippen LogP contribution is 2.51. The minimum atomic E-state index is -2.46. The number of halogens is 2. The fourth-order valence-corrected chi connectivity index (χ4v) is 17.0. The largest absolute Gasteiger partial charge is 0.508 e. The highest BCUT2D eigenvalue weighted by Gasteiger charge is 2.52. The number of aliphatic carboxylic acids is 1. The number of carboxylic acids is 1. The summed E-state index contributed by atoms with van der Waals surface area (Å²) in [6.07, 6.45) is -14.5. The van der Waals surface area contributed by atoms with Crippen LogP contribution in [0.3, 0.4) is 0 Å². The molecule has 0 aromatic heterocycles. The Morgan fingerprint density at radius 3 is 1.87 bits per heavy atom. The molecule has 0 spiro atoms. The third-order valence-electron chi connectivity index (χ3n) is 23.8. The smallest absolute Gasteiger partial charge is 0.335 e. The van der Waals surface area contributed by atoms with E-state index in [4.69, 9.17) is 62.1 Å². The molecule has 15 rings (SSSR count). The second-order valence-electron chi connectivity index (χ2n) is 33.9. The van der Waals surface area contributed by atoms with Crippen molar-refractivity contribution >= 4 is 76.4 Å². The number of amides is 8. The van der Waals surface area contributed by atoms with Gasteiger partial charge in [0.15, 0.2) is 29.1 Å². The van der Waals surface area contributed by atoms with Crippen molar-refractivity contribution in [2.24, 2.45) is 11.7 Å². The number of carboxylic acid groups (broad SMARTS) is 1. The van der Waals surface area contributed by atoms with E-state index in [0.29, 0.717) is 50.5 Å². The van der Waals surface area contributed by atoms with Gasteiger partial charge in [-0.1, -0.05) is 106 Å². The lowest BCUT2D eigenvalue weighted by molar-refractivity contribution is -0.277. The fourth-order valence-electron chi connectivity index (χ4n) is 16.5. The number of carbonyl (C=O) groups is 9. The lowest BCUT2D eigenvalue weighted by atomic mass is 9.89. The molecule has 0 radical (unpaired) electrons. The van der Waals surface area contributed by atoms with Crippen molar-refractivity contribution < 1.29 is 138 Å². The standard InChI is InChI=1S/C92H110Cl2N12O28/c1-42(2)13-8-6-4-5-7-9-14-65(112)101-74-77(115)79(117)82(90(126)127)134-91(74)133-81-62-35-47-36-63(81)130-59-24-19-46(33-54(59)93)75(113)73-89(125)105-71(84(120)99-30-12-29-98-28-11-27-97-26-10-25-95)52-37-48(108)38-61(131-92-80(118)78(116)76(114)64(41-107)132-92)66(52)51-32-44(17-22-56(51)109)69(86(122)106-73)102-87(123)70(47)103-88(124)72-53-39-50(40-58(111)67(53)94)129-60-34-45(18-23-57(60)110)68(96-3)85(121)100-55(83(119)104-72)31-43-15-20-49(128-62)21-16-43/h15-24,32-40,42,55,64,68-80,82,91-92,96-98,107-111,113-118H,4-14,25-31,41,95H2,1-3H3,(H,99,120)(H,100,121)(H,101,112)(H,102,123)(H,103,124)(H,104,119)(H,105,125)(H,106,122)(H,126,127)/t55-,64-,68-,69-,70-,71-,72+,73+,74-,75-,76-,77-,78+,79+,80+,82+,91-,92+/m1/s1. The molecule has 2 saturated heterocycles. The zero-order valence-corrected chi connectivity index (χ0v) is 74.6. The number of fused-ring (bicyclic) bond motifs is 14. The summed E-state index contributed by atoms with van der Waals surface area (Å²) >= 11 is 14.4. The highest BCUT2D eigenvalue weighted by molar-refractivity contribution is 6.33. The first-order valence-electron chi connectivity index (χ1n) is 44.1. The zero-order chi connectivity index (χ0) is 96.0. The maximum atomic E-state index is 16.9.